The highest BCUT2D eigenvalue weighted by Gasteiger charge is 2.14. The Balaban J connectivity index is 2.46. The maximum absolute atomic E-state index is 12.0. The van der Waals surface area contributed by atoms with Crippen LogP contribution in [0.25, 0.3) is 11.1 Å². The fourth-order valence-electron chi connectivity index (χ4n) is 2.62. The SMILES string of the molecule is C=C(C)C(=O)Oc1cc(-c2ccc(CC)c(OC(=O)C(=C)C)c2)ccc1CC. The number of aryl methyl sites for hydroxylation is 2. The average Bonchev–Trinajstić information content (AvgIpc) is 2.67. The van der Waals surface area contributed by atoms with Crippen molar-refractivity contribution in [2.75, 3.05) is 0 Å². The lowest BCUT2D eigenvalue weighted by Crippen LogP contribution is -2.10. The summed E-state index contributed by atoms with van der Waals surface area (Å²) in [6, 6.07) is 11.4. The lowest BCUT2D eigenvalue weighted by Gasteiger charge is -2.14. The first-order valence-corrected chi connectivity index (χ1v) is 9.28. The maximum Gasteiger partial charge on any atom is 0.338 e. The van der Waals surface area contributed by atoms with Crippen LogP contribution in [-0.4, -0.2) is 11.9 Å². The van der Waals surface area contributed by atoms with Crippen molar-refractivity contribution >= 4 is 11.9 Å². The monoisotopic (exact) mass is 378 g/mol. The number of ether oxygens (including phenoxy) is 2. The molecule has 28 heavy (non-hydrogen) atoms. The van der Waals surface area contributed by atoms with Gasteiger partial charge in [0.25, 0.3) is 0 Å². The lowest BCUT2D eigenvalue weighted by molar-refractivity contribution is -0.131. The van der Waals surface area contributed by atoms with E-state index in [0.29, 0.717) is 22.6 Å². The molecule has 0 aromatic heterocycles. The van der Waals surface area contributed by atoms with Crippen molar-refractivity contribution < 1.29 is 19.1 Å². The van der Waals surface area contributed by atoms with Gasteiger partial charge in [-0.25, -0.2) is 9.59 Å². The molecular formula is C24H26O4. The van der Waals surface area contributed by atoms with E-state index in [-0.39, 0.29) is 0 Å². The molecule has 0 saturated heterocycles. The summed E-state index contributed by atoms with van der Waals surface area (Å²) in [6.45, 7) is 14.5. The Kier molecular flexibility index (Phi) is 6.94. The van der Waals surface area contributed by atoms with Crippen LogP contribution in [0.4, 0.5) is 0 Å². The number of carbonyl (C=O) groups is 2. The number of carbonyl (C=O) groups excluding carboxylic acids is 2. The van der Waals surface area contributed by atoms with Crippen molar-refractivity contribution in [2.24, 2.45) is 0 Å². The fraction of sp³-hybridized carbons (Fsp3) is 0.250. The molecule has 0 unspecified atom stereocenters. The Morgan fingerprint density at radius 1 is 0.750 bits per heavy atom. The van der Waals surface area contributed by atoms with E-state index in [0.717, 1.165) is 35.1 Å². The zero-order valence-electron chi connectivity index (χ0n) is 16.9. The van der Waals surface area contributed by atoms with E-state index in [1.54, 1.807) is 13.8 Å². The predicted octanol–water partition coefficient (Wildman–Crippen LogP) is 5.44. The second-order valence-electron chi connectivity index (χ2n) is 6.69. The number of hydrogen-bond donors (Lipinski definition) is 0. The van der Waals surface area contributed by atoms with Crippen LogP contribution in [0.15, 0.2) is 60.7 Å². The molecule has 0 fully saturated rings. The Morgan fingerprint density at radius 2 is 1.11 bits per heavy atom. The molecule has 2 rings (SSSR count). The highest BCUT2D eigenvalue weighted by molar-refractivity contribution is 5.90. The van der Waals surface area contributed by atoms with Crippen molar-refractivity contribution in [1.82, 2.24) is 0 Å². The molecule has 4 nitrogen and oxygen atoms in total. The van der Waals surface area contributed by atoms with Crippen LogP contribution >= 0.6 is 0 Å². The third kappa shape index (κ3) is 4.97. The van der Waals surface area contributed by atoms with Gasteiger partial charge in [0.15, 0.2) is 0 Å². The molecule has 0 aliphatic rings. The van der Waals surface area contributed by atoms with Gasteiger partial charge in [-0.2, -0.15) is 0 Å². The molecule has 4 heteroatoms. The van der Waals surface area contributed by atoms with Crippen LogP contribution < -0.4 is 9.47 Å². The summed E-state index contributed by atoms with van der Waals surface area (Å²) >= 11 is 0. The van der Waals surface area contributed by atoms with Gasteiger partial charge in [0.1, 0.15) is 11.5 Å². The number of hydrogen-bond acceptors (Lipinski definition) is 4. The topological polar surface area (TPSA) is 52.6 Å². The molecule has 0 spiro atoms. The number of benzene rings is 2. The third-order valence-corrected chi connectivity index (χ3v) is 4.33. The van der Waals surface area contributed by atoms with Crippen LogP contribution in [0.2, 0.25) is 0 Å². The van der Waals surface area contributed by atoms with Gasteiger partial charge < -0.3 is 9.47 Å². The summed E-state index contributed by atoms with van der Waals surface area (Å²) in [4.78, 5) is 23.9. The maximum atomic E-state index is 12.0. The molecule has 2 aromatic rings. The predicted molar refractivity (Wildman–Crippen MR) is 112 cm³/mol. The second kappa shape index (κ2) is 9.18. The van der Waals surface area contributed by atoms with Gasteiger partial charge in [-0.05, 0) is 61.1 Å². The third-order valence-electron chi connectivity index (χ3n) is 4.33. The second-order valence-corrected chi connectivity index (χ2v) is 6.69. The molecule has 0 amide bonds. The first-order chi connectivity index (χ1) is 13.3. The fourth-order valence-corrected chi connectivity index (χ4v) is 2.62. The quantitative estimate of drug-likeness (QED) is 0.366. The molecule has 0 atom stereocenters. The molecule has 0 bridgehead atoms. The molecule has 0 saturated carbocycles. The van der Waals surface area contributed by atoms with E-state index in [1.807, 2.05) is 50.2 Å². The van der Waals surface area contributed by atoms with Crippen LogP contribution in [0.5, 0.6) is 11.5 Å². The molecule has 0 heterocycles. The van der Waals surface area contributed by atoms with Gasteiger partial charge in [0.05, 0.1) is 0 Å². The number of rotatable bonds is 7. The highest BCUT2D eigenvalue weighted by atomic mass is 16.5. The molecule has 0 N–H and O–H groups in total. The van der Waals surface area contributed by atoms with Crippen molar-refractivity contribution in [3.8, 4) is 22.6 Å². The first-order valence-electron chi connectivity index (χ1n) is 9.28. The first kappa shape index (κ1) is 21.2. The van der Waals surface area contributed by atoms with Gasteiger partial charge >= 0.3 is 11.9 Å². The van der Waals surface area contributed by atoms with Gasteiger partial charge in [-0.15, -0.1) is 0 Å². The van der Waals surface area contributed by atoms with E-state index in [4.69, 9.17) is 9.47 Å². The summed E-state index contributed by atoms with van der Waals surface area (Å²) in [5.74, 6) is 0.106. The molecular weight excluding hydrogens is 352 g/mol. The zero-order valence-corrected chi connectivity index (χ0v) is 16.9. The normalized spacial score (nSPS) is 10.3. The summed E-state index contributed by atoms with van der Waals surface area (Å²) in [5.41, 5.74) is 4.26. The van der Waals surface area contributed by atoms with Crippen LogP contribution in [-0.2, 0) is 22.4 Å². The molecule has 0 radical (unpaired) electrons. The van der Waals surface area contributed by atoms with E-state index in [2.05, 4.69) is 13.2 Å². The summed E-state index contributed by atoms with van der Waals surface area (Å²) < 4.78 is 11.0. The summed E-state index contributed by atoms with van der Waals surface area (Å²) in [5, 5.41) is 0. The number of esters is 2. The molecule has 146 valence electrons. The largest absolute Gasteiger partial charge is 0.423 e. The minimum atomic E-state index is -0.454. The van der Waals surface area contributed by atoms with E-state index in [1.165, 1.54) is 0 Å². The Bertz CT molecular complexity index is 860. The van der Waals surface area contributed by atoms with Crippen molar-refractivity contribution in [2.45, 2.75) is 40.5 Å². The highest BCUT2D eigenvalue weighted by Crippen LogP contribution is 2.32. The van der Waals surface area contributed by atoms with E-state index >= 15 is 0 Å². The van der Waals surface area contributed by atoms with Crippen molar-refractivity contribution in [3.63, 3.8) is 0 Å². The van der Waals surface area contributed by atoms with Gasteiger partial charge in [-0.3, -0.25) is 0 Å². The summed E-state index contributed by atoms with van der Waals surface area (Å²) in [6.07, 6.45) is 1.46. The zero-order chi connectivity index (χ0) is 20.8. The minimum absolute atomic E-state index is 0.341. The van der Waals surface area contributed by atoms with Crippen LogP contribution in [0.1, 0.15) is 38.8 Å². The summed E-state index contributed by atoms with van der Waals surface area (Å²) in [7, 11) is 0. The van der Waals surface area contributed by atoms with Crippen molar-refractivity contribution in [1.29, 1.82) is 0 Å². The molecule has 0 aliphatic heterocycles. The standard InChI is InChI=1S/C24H26O4/c1-7-17-9-11-19(13-21(17)27-23(25)15(3)4)20-12-10-18(8-2)22(14-20)28-24(26)16(5)6/h9-14H,3,5,7-8H2,1-2,4,6H3. The molecule has 2 aromatic carbocycles. The lowest BCUT2D eigenvalue weighted by atomic mass is 9.99. The smallest absolute Gasteiger partial charge is 0.338 e. The Labute approximate surface area is 166 Å². The van der Waals surface area contributed by atoms with E-state index < -0.39 is 11.9 Å². The Hall–Kier alpha value is -3.14. The van der Waals surface area contributed by atoms with Gasteiger partial charge in [-0.1, -0.05) is 51.3 Å². The van der Waals surface area contributed by atoms with Gasteiger partial charge in [0, 0.05) is 11.1 Å². The Morgan fingerprint density at radius 3 is 1.39 bits per heavy atom. The van der Waals surface area contributed by atoms with E-state index in [9.17, 15) is 9.59 Å². The minimum Gasteiger partial charge on any atom is -0.423 e. The molecule has 0 aliphatic carbocycles. The van der Waals surface area contributed by atoms with Gasteiger partial charge in [0.2, 0.25) is 0 Å². The van der Waals surface area contributed by atoms with Crippen LogP contribution in [0.3, 0.4) is 0 Å². The van der Waals surface area contributed by atoms with Crippen molar-refractivity contribution in [3.05, 3.63) is 71.8 Å². The average molecular weight is 378 g/mol. The van der Waals surface area contributed by atoms with Crippen LogP contribution in [0, 0.1) is 0 Å².